The molecule has 3 rings (SSSR count). The molecule has 8 nitrogen and oxygen atoms in total. The number of carbonyl (C=O) groups excluding carboxylic acids is 2. The lowest BCUT2D eigenvalue weighted by atomic mass is 10.0. The van der Waals surface area contributed by atoms with Crippen LogP contribution in [0.4, 0.5) is 11.5 Å². The van der Waals surface area contributed by atoms with Gasteiger partial charge in [-0.05, 0) is 50.2 Å². The van der Waals surface area contributed by atoms with Gasteiger partial charge in [0, 0.05) is 38.5 Å². The summed E-state index contributed by atoms with van der Waals surface area (Å²) in [6.45, 7) is 5.48. The lowest BCUT2D eigenvalue weighted by Gasteiger charge is -2.31. The van der Waals surface area contributed by atoms with Crippen molar-refractivity contribution in [2.75, 3.05) is 31.6 Å². The highest BCUT2D eigenvalue weighted by Gasteiger charge is 2.31. The molecular formula is C20H25N5O3. The first-order valence-corrected chi connectivity index (χ1v) is 9.17. The lowest BCUT2D eigenvalue weighted by Crippen LogP contribution is -2.51. The third kappa shape index (κ3) is 4.52. The molecule has 0 radical (unpaired) electrons. The normalized spacial score (nSPS) is 14.2. The Labute approximate surface area is 164 Å². The molecule has 0 aliphatic carbocycles. The van der Waals surface area contributed by atoms with Crippen molar-refractivity contribution in [2.45, 2.75) is 19.4 Å². The molecule has 0 spiro atoms. The summed E-state index contributed by atoms with van der Waals surface area (Å²) in [5.41, 5.74) is 0.709. The van der Waals surface area contributed by atoms with Crippen LogP contribution >= 0.6 is 0 Å². The van der Waals surface area contributed by atoms with Crippen molar-refractivity contribution in [3.05, 3.63) is 48.2 Å². The second-order valence-corrected chi connectivity index (χ2v) is 7.30. The van der Waals surface area contributed by atoms with Gasteiger partial charge in [0.05, 0.1) is 17.2 Å². The van der Waals surface area contributed by atoms with Crippen LogP contribution in [-0.2, 0) is 9.53 Å². The van der Waals surface area contributed by atoms with E-state index in [1.54, 1.807) is 54.6 Å². The van der Waals surface area contributed by atoms with Crippen molar-refractivity contribution in [3.8, 4) is 0 Å². The van der Waals surface area contributed by atoms with Gasteiger partial charge in [0.2, 0.25) is 5.91 Å². The zero-order chi connectivity index (χ0) is 20.1. The maximum Gasteiger partial charge on any atom is 0.251 e. The Balaban J connectivity index is 1.78. The quantitative estimate of drug-likeness (QED) is 0.752. The van der Waals surface area contributed by atoms with E-state index < -0.39 is 5.60 Å². The van der Waals surface area contributed by atoms with E-state index in [2.05, 4.69) is 20.8 Å². The minimum absolute atomic E-state index is 0.0432. The molecule has 0 bridgehead atoms. The van der Waals surface area contributed by atoms with Crippen LogP contribution in [-0.4, -0.2) is 54.4 Å². The Morgan fingerprint density at radius 3 is 2.50 bits per heavy atom. The van der Waals surface area contributed by atoms with Gasteiger partial charge in [-0.2, -0.15) is 5.10 Å². The third-order valence-corrected chi connectivity index (χ3v) is 4.75. The van der Waals surface area contributed by atoms with E-state index in [9.17, 15) is 9.59 Å². The van der Waals surface area contributed by atoms with E-state index in [1.165, 1.54) is 0 Å². The average molecular weight is 383 g/mol. The number of benzene rings is 1. The highest BCUT2D eigenvalue weighted by atomic mass is 16.5. The second kappa shape index (κ2) is 8.45. The van der Waals surface area contributed by atoms with Crippen molar-refractivity contribution in [1.82, 2.24) is 20.8 Å². The Morgan fingerprint density at radius 2 is 1.96 bits per heavy atom. The first-order valence-electron chi connectivity index (χ1n) is 9.17. The predicted molar refractivity (Wildman–Crippen MR) is 105 cm³/mol. The molecule has 1 saturated heterocycles. The molecule has 2 amide bonds. The fourth-order valence-electron chi connectivity index (χ4n) is 2.66. The number of rotatable bonds is 7. The van der Waals surface area contributed by atoms with Crippen LogP contribution in [0.2, 0.25) is 0 Å². The molecular weight excluding hydrogens is 358 g/mol. The molecule has 1 aromatic carbocycles. The van der Waals surface area contributed by atoms with Gasteiger partial charge < -0.3 is 15.4 Å². The average Bonchev–Trinajstić information content (AvgIpc) is 2.66. The van der Waals surface area contributed by atoms with Crippen molar-refractivity contribution in [2.24, 2.45) is 5.92 Å². The fraction of sp³-hybridized carbons (Fsp3) is 0.400. The molecule has 1 aromatic heterocycles. The van der Waals surface area contributed by atoms with E-state index in [1.807, 2.05) is 13.8 Å². The molecule has 1 aliphatic rings. The summed E-state index contributed by atoms with van der Waals surface area (Å²) in [4.78, 5) is 26.8. The van der Waals surface area contributed by atoms with Gasteiger partial charge in [-0.25, -0.2) is 0 Å². The first kappa shape index (κ1) is 19.9. The molecule has 1 fully saturated rings. The number of hydrogen-bond donors (Lipinski definition) is 2. The highest BCUT2D eigenvalue weighted by Crippen LogP contribution is 2.26. The summed E-state index contributed by atoms with van der Waals surface area (Å²) in [6.07, 6.45) is 1.56. The van der Waals surface area contributed by atoms with Gasteiger partial charge in [-0.3, -0.25) is 14.5 Å². The number of aromatic nitrogens is 2. The largest absolute Gasteiger partial charge is 0.377 e. The van der Waals surface area contributed by atoms with Crippen LogP contribution in [0.3, 0.4) is 0 Å². The second-order valence-electron chi connectivity index (χ2n) is 7.30. The van der Waals surface area contributed by atoms with Gasteiger partial charge in [-0.1, -0.05) is 0 Å². The van der Waals surface area contributed by atoms with Crippen molar-refractivity contribution in [3.63, 3.8) is 0 Å². The van der Waals surface area contributed by atoms with Crippen LogP contribution in [0.25, 0.3) is 0 Å². The number of amides is 2. The Hall–Kier alpha value is -2.84. The van der Waals surface area contributed by atoms with E-state index in [0.29, 0.717) is 36.7 Å². The van der Waals surface area contributed by atoms with Crippen molar-refractivity contribution < 1.29 is 14.3 Å². The Kier molecular flexibility index (Phi) is 6.01. The van der Waals surface area contributed by atoms with Crippen LogP contribution in [0.15, 0.2) is 42.6 Å². The molecule has 1 aliphatic heterocycles. The smallest absolute Gasteiger partial charge is 0.251 e. The van der Waals surface area contributed by atoms with E-state index in [0.717, 1.165) is 0 Å². The van der Waals surface area contributed by atoms with Crippen LogP contribution in [0, 0.1) is 5.92 Å². The molecule has 2 heterocycles. The number of methoxy groups -OCH3 is 1. The topological polar surface area (TPSA) is 96.5 Å². The van der Waals surface area contributed by atoms with E-state index >= 15 is 0 Å². The molecule has 2 N–H and O–H groups in total. The van der Waals surface area contributed by atoms with Gasteiger partial charge in [0.1, 0.15) is 0 Å². The summed E-state index contributed by atoms with van der Waals surface area (Å²) in [7, 11) is 1.61. The molecule has 8 heteroatoms. The number of carbonyl (C=O) groups is 2. The summed E-state index contributed by atoms with van der Waals surface area (Å²) >= 11 is 0. The summed E-state index contributed by atoms with van der Waals surface area (Å²) in [6, 6.07) is 10.4. The van der Waals surface area contributed by atoms with E-state index in [-0.39, 0.29) is 17.7 Å². The maximum absolute atomic E-state index is 12.9. The molecule has 0 unspecified atom stereocenters. The summed E-state index contributed by atoms with van der Waals surface area (Å²) < 4.78 is 5.31. The zero-order valence-corrected chi connectivity index (χ0v) is 16.3. The van der Waals surface area contributed by atoms with Gasteiger partial charge >= 0.3 is 0 Å². The fourth-order valence-corrected chi connectivity index (χ4v) is 2.66. The zero-order valence-electron chi connectivity index (χ0n) is 16.3. The molecule has 148 valence electrons. The number of anilines is 2. The molecule has 2 aromatic rings. The molecule has 28 heavy (non-hydrogen) atoms. The Morgan fingerprint density at radius 1 is 1.25 bits per heavy atom. The van der Waals surface area contributed by atoms with Gasteiger partial charge in [0.25, 0.3) is 5.91 Å². The third-order valence-electron chi connectivity index (χ3n) is 4.75. The van der Waals surface area contributed by atoms with Gasteiger partial charge in [0.15, 0.2) is 5.82 Å². The highest BCUT2D eigenvalue weighted by molar-refractivity contribution is 6.02. The predicted octanol–water partition coefficient (Wildman–Crippen LogP) is 1.52. The number of nitrogens with one attached hydrogen (secondary N) is 2. The minimum atomic E-state index is -0.443. The maximum atomic E-state index is 12.9. The standard InChI is InChI=1S/C20H25N5O3/c1-20(2,28-3)13-22-18(26)14-6-8-16(9-7-14)25(17-5-4-10-23-24-17)19(27)15-11-21-12-15/h4-10,15,21H,11-13H2,1-3H3,(H,22,26). The van der Waals surface area contributed by atoms with E-state index in [4.69, 9.17) is 4.74 Å². The molecule has 0 atom stereocenters. The lowest BCUT2D eigenvalue weighted by molar-refractivity contribution is -0.123. The minimum Gasteiger partial charge on any atom is -0.377 e. The number of ether oxygens (including phenoxy) is 1. The SMILES string of the molecule is COC(C)(C)CNC(=O)c1ccc(N(C(=O)C2CNC2)c2cccnn2)cc1. The van der Waals surface area contributed by atoms with Crippen LogP contribution < -0.4 is 15.5 Å². The number of hydrogen-bond acceptors (Lipinski definition) is 6. The first-order chi connectivity index (χ1) is 13.4. The number of nitrogens with zero attached hydrogens (tertiary/aromatic N) is 3. The van der Waals surface area contributed by atoms with Crippen molar-refractivity contribution in [1.29, 1.82) is 0 Å². The molecule has 0 saturated carbocycles. The summed E-state index contributed by atoms with van der Waals surface area (Å²) in [5, 5.41) is 13.9. The van der Waals surface area contributed by atoms with Crippen molar-refractivity contribution >= 4 is 23.3 Å². The van der Waals surface area contributed by atoms with Crippen LogP contribution in [0.1, 0.15) is 24.2 Å². The van der Waals surface area contributed by atoms with Crippen LogP contribution in [0.5, 0.6) is 0 Å². The monoisotopic (exact) mass is 383 g/mol. The Bertz CT molecular complexity index is 819. The van der Waals surface area contributed by atoms with Gasteiger partial charge in [-0.15, -0.1) is 5.10 Å². The summed E-state index contributed by atoms with van der Waals surface area (Å²) in [5.74, 6) is 0.121.